The van der Waals surface area contributed by atoms with E-state index in [1.165, 1.54) is 11.1 Å². The summed E-state index contributed by atoms with van der Waals surface area (Å²) in [5.74, 6) is 0. The Morgan fingerprint density at radius 2 is 1.58 bits per heavy atom. The quantitative estimate of drug-likeness (QED) is 0.367. The van der Waals surface area contributed by atoms with Gasteiger partial charge in [0.2, 0.25) is 0 Å². The first-order valence-corrected chi connectivity index (χ1v) is 13.5. The normalized spacial score (nSPS) is 15.1. The topological polar surface area (TPSA) is 71.2 Å². The van der Waals surface area contributed by atoms with Crippen LogP contribution in [0.15, 0.2) is 79.3 Å². The summed E-state index contributed by atoms with van der Waals surface area (Å²) in [5, 5.41) is 0. The van der Waals surface area contributed by atoms with Gasteiger partial charge in [0.05, 0.1) is 11.4 Å². The maximum absolute atomic E-state index is 5.87. The van der Waals surface area contributed by atoms with Crippen LogP contribution in [0.3, 0.4) is 0 Å². The molecule has 196 valence electrons. The molecule has 3 aromatic heterocycles. The molecule has 6 heteroatoms. The molecule has 0 atom stereocenters. The second-order valence-electron chi connectivity index (χ2n) is 11.1. The van der Waals surface area contributed by atoms with Gasteiger partial charge >= 0.3 is 0 Å². The maximum atomic E-state index is 5.87. The van der Waals surface area contributed by atoms with Crippen molar-refractivity contribution in [2.75, 3.05) is 32.7 Å². The van der Waals surface area contributed by atoms with Crippen LogP contribution in [0.5, 0.6) is 0 Å². The Morgan fingerprint density at radius 1 is 0.789 bits per heavy atom. The van der Waals surface area contributed by atoms with E-state index < -0.39 is 0 Å². The van der Waals surface area contributed by atoms with Gasteiger partial charge in [0.1, 0.15) is 0 Å². The van der Waals surface area contributed by atoms with E-state index in [-0.39, 0.29) is 5.54 Å². The second-order valence-corrected chi connectivity index (χ2v) is 11.1. The van der Waals surface area contributed by atoms with E-state index in [1.807, 2.05) is 30.6 Å². The summed E-state index contributed by atoms with van der Waals surface area (Å²) in [4.78, 5) is 19.1. The van der Waals surface area contributed by atoms with Crippen molar-refractivity contribution in [2.24, 2.45) is 5.73 Å². The molecule has 0 spiro atoms. The molecule has 0 aliphatic carbocycles. The van der Waals surface area contributed by atoms with Crippen LogP contribution < -0.4 is 5.73 Å². The predicted molar refractivity (Wildman–Crippen MR) is 155 cm³/mol. The number of nitrogens with zero attached hydrogens (tertiary/aromatic N) is 5. The average Bonchev–Trinajstić information content (AvgIpc) is 2.94. The van der Waals surface area contributed by atoms with E-state index in [9.17, 15) is 0 Å². The molecule has 38 heavy (non-hydrogen) atoms. The average molecular weight is 507 g/mol. The van der Waals surface area contributed by atoms with Gasteiger partial charge in [-0.05, 0) is 80.4 Å². The Kier molecular flexibility index (Phi) is 7.93. The fourth-order valence-electron chi connectivity index (χ4n) is 5.12. The van der Waals surface area contributed by atoms with Crippen LogP contribution in [0.4, 0.5) is 0 Å². The summed E-state index contributed by atoms with van der Waals surface area (Å²) >= 11 is 0. The molecule has 1 saturated heterocycles. The molecule has 0 radical (unpaired) electrons. The summed E-state index contributed by atoms with van der Waals surface area (Å²) in [6.07, 6.45) is 6.39. The Bertz CT molecular complexity index is 1350. The van der Waals surface area contributed by atoms with Crippen molar-refractivity contribution in [3.63, 3.8) is 0 Å². The van der Waals surface area contributed by atoms with Crippen molar-refractivity contribution in [1.29, 1.82) is 0 Å². The van der Waals surface area contributed by atoms with Crippen LogP contribution in [0.25, 0.3) is 33.6 Å². The van der Waals surface area contributed by atoms with Gasteiger partial charge < -0.3 is 5.73 Å². The first kappa shape index (κ1) is 26.2. The van der Waals surface area contributed by atoms with E-state index >= 15 is 0 Å². The molecule has 6 nitrogen and oxygen atoms in total. The minimum atomic E-state index is 0.238. The van der Waals surface area contributed by atoms with Crippen molar-refractivity contribution in [1.82, 2.24) is 24.8 Å². The van der Waals surface area contributed by atoms with Crippen LogP contribution in [0.2, 0.25) is 0 Å². The molecule has 5 rings (SSSR count). The summed E-state index contributed by atoms with van der Waals surface area (Å²) in [6, 6.07) is 21.2. The molecule has 1 aliphatic heterocycles. The lowest BCUT2D eigenvalue weighted by Crippen LogP contribution is -2.53. The second kappa shape index (κ2) is 11.5. The molecular weight excluding hydrogens is 468 g/mol. The highest BCUT2D eigenvalue weighted by atomic mass is 15.3. The molecule has 0 saturated carbocycles. The summed E-state index contributed by atoms with van der Waals surface area (Å²) in [6.45, 7) is 12.9. The van der Waals surface area contributed by atoms with E-state index in [4.69, 9.17) is 10.7 Å². The van der Waals surface area contributed by atoms with Gasteiger partial charge in [-0.3, -0.25) is 24.8 Å². The van der Waals surface area contributed by atoms with Gasteiger partial charge in [0.25, 0.3) is 0 Å². The largest absolute Gasteiger partial charge is 0.330 e. The summed E-state index contributed by atoms with van der Waals surface area (Å²) < 4.78 is 0. The zero-order valence-corrected chi connectivity index (χ0v) is 22.8. The number of benzene rings is 1. The number of rotatable bonds is 7. The fraction of sp³-hybridized carbons (Fsp3) is 0.344. The lowest BCUT2D eigenvalue weighted by Gasteiger charge is -2.42. The Labute approximate surface area is 226 Å². The Hall–Kier alpha value is -3.45. The SMILES string of the molecule is CC(C)(C)N1CCN(Cc2cccc(-c3cncc(-c4cc(CCN)nc(-c5ccccn5)c4)c3)c2)CC1. The number of aromatic nitrogens is 3. The smallest absolute Gasteiger partial charge is 0.0895 e. The van der Waals surface area contributed by atoms with Gasteiger partial charge in [0, 0.05) is 80.1 Å². The third-order valence-corrected chi connectivity index (χ3v) is 7.27. The Morgan fingerprint density at radius 3 is 2.29 bits per heavy atom. The predicted octanol–water partition coefficient (Wildman–Crippen LogP) is 5.29. The van der Waals surface area contributed by atoms with E-state index in [1.54, 1.807) is 6.20 Å². The van der Waals surface area contributed by atoms with Crippen molar-refractivity contribution >= 4 is 0 Å². The van der Waals surface area contributed by atoms with Gasteiger partial charge in [-0.15, -0.1) is 0 Å². The molecular formula is C32H38N6. The zero-order chi connectivity index (χ0) is 26.5. The minimum Gasteiger partial charge on any atom is -0.330 e. The highest BCUT2D eigenvalue weighted by Gasteiger charge is 2.25. The van der Waals surface area contributed by atoms with Crippen LogP contribution in [-0.2, 0) is 13.0 Å². The first-order valence-electron chi connectivity index (χ1n) is 13.5. The molecule has 0 amide bonds. The standard InChI is InChI=1S/C32H38N6/c1-32(2,3)38-15-13-37(14-16-38)23-24-7-6-8-25(17-24)27-18-28(22-34-21-27)26-19-29(10-11-33)36-31(20-26)30-9-4-5-12-35-30/h4-9,12,17-22H,10-11,13-16,23,33H2,1-3H3. The number of nitrogens with two attached hydrogens (primary N) is 1. The van der Waals surface area contributed by atoms with Crippen LogP contribution in [0, 0.1) is 0 Å². The summed E-state index contributed by atoms with van der Waals surface area (Å²) in [5.41, 5.74) is 14.5. The first-order chi connectivity index (χ1) is 18.4. The monoisotopic (exact) mass is 506 g/mol. The third-order valence-electron chi connectivity index (χ3n) is 7.27. The highest BCUT2D eigenvalue weighted by Crippen LogP contribution is 2.29. The summed E-state index contributed by atoms with van der Waals surface area (Å²) in [7, 11) is 0. The molecule has 1 aromatic carbocycles. The number of pyridine rings is 3. The molecule has 4 aromatic rings. The van der Waals surface area contributed by atoms with Crippen LogP contribution in [-0.4, -0.2) is 63.0 Å². The van der Waals surface area contributed by atoms with Gasteiger partial charge in [0.15, 0.2) is 0 Å². The van der Waals surface area contributed by atoms with Crippen molar-refractivity contribution < 1.29 is 0 Å². The number of hydrogen-bond donors (Lipinski definition) is 1. The van der Waals surface area contributed by atoms with Gasteiger partial charge in [-0.1, -0.05) is 24.3 Å². The van der Waals surface area contributed by atoms with Gasteiger partial charge in [-0.2, -0.15) is 0 Å². The lowest BCUT2D eigenvalue weighted by atomic mass is 9.99. The molecule has 0 unspecified atom stereocenters. The van der Waals surface area contributed by atoms with E-state index in [0.29, 0.717) is 13.0 Å². The third kappa shape index (κ3) is 6.33. The number of piperazine rings is 1. The van der Waals surface area contributed by atoms with Gasteiger partial charge in [-0.25, -0.2) is 0 Å². The van der Waals surface area contributed by atoms with E-state index in [0.717, 1.165) is 66.5 Å². The zero-order valence-electron chi connectivity index (χ0n) is 22.8. The van der Waals surface area contributed by atoms with E-state index in [2.05, 4.69) is 83.0 Å². The molecule has 1 aliphatic rings. The highest BCUT2D eigenvalue weighted by molar-refractivity contribution is 5.74. The Balaban J connectivity index is 1.38. The maximum Gasteiger partial charge on any atom is 0.0895 e. The molecule has 2 N–H and O–H groups in total. The lowest BCUT2D eigenvalue weighted by molar-refractivity contribution is 0.0591. The van der Waals surface area contributed by atoms with Crippen molar-refractivity contribution in [2.45, 2.75) is 39.3 Å². The molecule has 1 fully saturated rings. The van der Waals surface area contributed by atoms with Crippen molar-refractivity contribution in [3.8, 4) is 33.6 Å². The van der Waals surface area contributed by atoms with Crippen LogP contribution in [0.1, 0.15) is 32.0 Å². The fourth-order valence-corrected chi connectivity index (χ4v) is 5.12. The minimum absolute atomic E-state index is 0.238. The van der Waals surface area contributed by atoms with Crippen LogP contribution >= 0.6 is 0 Å². The number of hydrogen-bond acceptors (Lipinski definition) is 6. The van der Waals surface area contributed by atoms with Crippen molar-refractivity contribution in [3.05, 3.63) is 90.5 Å². The molecule has 0 bridgehead atoms. The molecule has 4 heterocycles.